The van der Waals surface area contributed by atoms with Gasteiger partial charge in [0.2, 0.25) is 0 Å². The first-order valence-corrected chi connectivity index (χ1v) is 7.26. The zero-order chi connectivity index (χ0) is 13.8. The van der Waals surface area contributed by atoms with E-state index in [0.717, 1.165) is 21.9 Å². The van der Waals surface area contributed by atoms with Gasteiger partial charge in [-0.15, -0.1) is 0 Å². The average Bonchev–Trinajstić information content (AvgIpc) is 3.10. The molecule has 1 aromatic carbocycles. The molecule has 1 aliphatic carbocycles. The molecule has 0 radical (unpaired) electrons. The molecule has 0 spiro atoms. The lowest BCUT2D eigenvalue weighted by Crippen LogP contribution is -2.38. The van der Waals surface area contributed by atoms with Crippen molar-refractivity contribution in [3.05, 3.63) is 29.0 Å². The van der Waals surface area contributed by atoms with Crippen LogP contribution in [0.3, 0.4) is 0 Å². The van der Waals surface area contributed by atoms with Crippen LogP contribution in [-0.2, 0) is 5.54 Å². The Hall–Kier alpha value is -1.06. The number of benzene rings is 1. The third kappa shape index (κ3) is 2.05. The highest BCUT2D eigenvalue weighted by atomic mass is 35.5. The van der Waals surface area contributed by atoms with Crippen molar-refractivity contribution in [2.24, 2.45) is 11.7 Å². The van der Waals surface area contributed by atoms with Crippen LogP contribution in [0.5, 0.6) is 0 Å². The molecule has 19 heavy (non-hydrogen) atoms. The molecule has 2 N–H and O–H groups in total. The quantitative estimate of drug-likeness (QED) is 0.926. The van der Waals surface area contributed by atoms with Crippen LogP contribution in [0.2, 0.25) is 5.02 Å². The third-order valence-corrected chi connectivity index (χ3v) is 4.31. The Morgan fingerprint density at radius 1 is 1.42 bits per heavy atom. The summed E-state index contributed by atoms with van der Waals surface area (Å²) in [5.74, 6) is 1.54. The molecule has 1 aromatic heterocycles. The standard InChI is InChI=1S/C15H20ClN3/c1-9(2)19-13-7-6-11(16)8-12(13)18-14(19)15(3,17)10-4-5-10/h6-10H,4-5,17H2,1-3H3. The van der Waals surface area contributed by atoms with Gasteiger partial charge in [0, 0.05) is 11.1 Å². The fourth-order valence-corrected chi connectivity index (χ4v) is 3.01. The van der Waals surface area contributed by atoms with E-state index in [9.17, 15) is 0 Å². The maximum atomic E-state index is 6.57. The topological polar surface area (TPSA) is 43.8 Å². The number of hydrogen-bond acceptors (Lipinski definition) is 2. The van der Waals surface area contributed by atoms with E-state index in [2.05, 4.69) is 25.3 Å². The summed E-state index contributed by atoms with van der Waals surface area (Å²) in [7, 11) is 0. The molecule has 3 rings (SSSR count). The molecule has 1 unspecified atom stereocenters. The van der Waals surface area contributed by atoms with Gasteiger partial charge < -0.3 is 10.3 Å². The van der Waals surface area contributed by atoms with Crippen LogP contribution in [0, 0.1) is 5.92 Å². The molecule has 1 saturated carbocycles. The van der Waals surface area contributed by atoms with E-state index in [1.165, 1.54) is 12.8 Å². The van der Waals surface area contributed by atoms with Crippen LogP contribution < -0.4 is 5.73 Å². The van der Waals surface area contributed by atoms with Gasteiger partial charge >= 0.3 is 0 Å². The van der Waals surface area contributed by atoms with Gasteiger partial charge in [-0.3, -0.25) is 0 Å². The summed E-state index contributed by atoms with van der Waals surface area (Å²) in [6.07, 6.45) is 2.41. The maximum Gasteiger partial charge on any atom is 0.130 e. The second-order valence-electron chi connectivity index (χ2n) is 6.09. The first-order chi connectivity index (χ1) is 8.91. The van der Waals surface area contributed by atoms with Crippen LogP contribution in [0.15, 0.2) is 18.2 Å². The van der Waals surface area contributed by atoms with E-state index in [-0.39, 0.29) is 5.54 Å². The molecular weight excluding hydrogens is 258 g/mol. The average molecular weight is 278 g/mol. The van der Waals surface area contributed by atoms with Crippen molar-refractivity contribution in [3.8, 4) is 0 Å². The van der Waals surface area contributed by atoms with Crippen LogP contribution in [0.25, 0.3) is 11.0 Å². The van der Waals surface area contributed by atoms with Crippen molar-refractivity contribution in [3.63, 3.8) is 0 Å². The van der Waals surface area contributed by atoms with Gasteiger partial charge in [0.1, 0.15) is 5.82 Å². The van der Waals surface area contributed by atoms with Gasteiger partial charge in [0.15, 0.2) is 0 Å². The lowest BCUT2D eigenvalue weighted by atomic mass is 9.96. The fourth-order valence-electron chi connectivity index (χ4n) is 2.84. The minimum Gasteiger partial charge on any atom is -0.324 e. The number of nitrogens with two attached hydrogens (primary N) is 1. The Morgan fingerprint density at radius 3 is 2.68 bits per heavy atom. The summed E-state index contributed by atoms with van der Waals surface area (Å²) < 4.78 is 2.25. The summed E-state index contributed by atoms with van der Waals surface area (Å²) in [4.78, 5) is 4.78. The number of aromatic nitrogens is 2. The van der Waals surface area contributed by atoms with E-state index in [1.54, 1.807) is 0 Å². The Labute approximate surface area is 118 Å². The van der Waals surface area contributed by atoms with Crippen molar-refractivity contribution >= 4 is 22.6 Å². The molecule has 0 amide bonds. The number of nitrogens with zero attached hydrogens (tertiary/aromatic N) is 2. The monoisotopic (exact) mass is 277 g/mol. The van der Waals surface area contributed by atoms with Crippen LogP contribution in [-0.4, -0.2) is 9.55 Å². The van der Waals surface area contributed by atoms with E-state index in [1.807, 2.05) is 18.2 Å². The molecule has 102 valence electrons. The Bertz CT molecular complexity index is 624. The summed E-state index contributed by atoms with van der Waals surface area (Å²) >= 11 is 6.07. The van der Waals surface area contributed by atoms with Gasteiger partial charge in [-0.2, -0.15) is 0 Å². The lowest BCUT2D eigenvalue weighted by molar-refractivity contribution is 0.373. The highest BCUT2D eigenvalue weighted by molar-refractivity contribution is 6.31. The van der Waals surface area contributed by atoms with Crippen molar-refractivity contribution in [1.82, 2.24) is 9.55 Å². The van der Waals surface area contributed by atoms with Crippen LogP contribution in [0.1, 0.15) is 45.5 Å². The number of imidazole rings is 1. The lowest BCUT2D eigenvalue weighted by Gasteiger charge is -2.26. The van der Waals surface area contributed by atoms with Gasteiger partial charge in [-0.1, -0.05) is 11.6 Å². The van der Waals surface area contributed by atoms with E-state index in [4.69, 9.17) is 22.3 Å². The second kappa shape index (κ2) is 4.22. The molecule has 1 atom stereocenters. The minimum absolute atomic E-state index is 0.336. The van der Waals surface area contributed by atoms with Crippen molar-refractivity contribution < 1.29 is 0 Å². The Balaban J connectivity index is 2.25. The SMILES string of the molecule is CC(C)n1c(C(C)(N)C2CC2)nc2cc(Cl)ccc21. The zero-order valence-electron chi connectivity index (χ0n) is 11.7. The molecule has 3 nitrogen and oxygen atoms in total. The van der Waals surface area contributed by atoms with E-state index >= 15 is 0 Å². The maximum absolute atomic E-state index is 6.57. The molecule has 1 aliphatic rings. The third-order valence-electron chi connectivity index (χ3n) is 4.08. The van der Waals surface area contributed by atoms with Crippen molar-refractivity contribution in [1.29, 1.82) is 0 Å². The number of hydrogen-bond donors (Lipinski definition) is 1. The van der Waals surface area contributed by atoms with Gasteiger partial charge in [-0.05, 0) is 57.7 Å². The molecular formula is C15H20ClN3. The van der Waals surface area contributed by atoms with E-state index < -0.39 is 0 Å². The van der Waals surface area contributed by atoms with Crippen LogP contribution >= 0.6 is 11.6 Å². The predicted molar refractivity (Wildman–Crippen MR) is 79.4 cm³/mol. The van der Waals surface area contributed by atoms with Crippen molar-refractivity contribution in [2.75, 3.05) is 0 Å². The summed E-state index contributed by atoms with van der Waals surface area (Å²) in [6, 6.07) is 6.21. The highest BCUT2D eigenvalue weighted by Crippen LogP contribution is 2.44. The largest absolute Gasteiger partial charge is 0.324 e. The zero-order valence-corrected chi connectivity index (χ0v) is 12.4. The predicted octanol–water partition coefficient (Wildman–Crippen LogP) is 3.85. The van der Waals surface area contributed by atoms with Crippen LogP contribution in [0.4, 0.5) is 0 Å². The molecule has 1 heterocycles. The number of halogens is 1. The normalized spacial score (nSPS) is 19.1. The molecule has 0 aliphatic heterocycles. The number of fused-ring (bicyclic) bond motifs is 1. The first kappa shape index (κ1) is 12.9. The van der Waals surface area contributed by atoms with Gasteiger partial charge in [0.25, 0.3) is 0 Å². The first-order valence-electron chi connectivity index (χ1n) is 6.88. The number of rotatable bonds is 3. The smallest absolute Gasteiger partial charge is 0.130 e. The molecule has 4 heteroatoms. The second-order valence-corrected chi connectivity index (χ2v) is 6.53. The van der Waals surface area contributed by atoms with Gasteiger partial charge in [0.05, 0.1) is 16.6 Å². The molecule has 0 bridgehead atoms. The Kier molecular flexibility index (Phi) is 2.88. The molecule has 2 aromatic rings. The van der Waals surface area contributed by atoms with E-state index in [0.29, 0.717) is 12.0 Å². The Morgan fingerprint density at radius 2 is 2.11 bits per heavy atom. The minimum atomic E-state index is -0.351. The summed E-state index contributed by atoms with van der Waals surface area (Å²) in [5, 5.41) is 0.720. The molecule has 0 saturated heterocycles. The summed E-state index contributed by atoms with van der Waals surface area (Å²) in [5.41, 5.74) is 8.27. The highest BCUT2D eigenvalue weighted by Gasteiger charge is 2.43. The summed E-state index contributed by atoms with van der Waals surface area (Å²) in [6.45, 7) is 6.44. The van der Waals surface area contributed by atoms with Crippen molar-refractivity contribution in [2.45, 2.75) is 45.2 Å². The fraction of sp³-hybridized carbons (Fsp3) is 0.533. The molecule has 1 fully saturated rings. The van der Waals surface area contributed by atoms with Gasteiger partial charge in [-0.25, -0.2) is 4.98 Å².